The van der Waals surface area contributed by atoms with Crippen LogP contribution in [0.4, 0.5) is 0 Å². The Kier molecular flexibility index (Phi) is 5.97. The van der Waals surface area contributed by atoms with E-state index >= 15 is 0 Å². The molecule has 0 spiro atoms. The summed E-state index contributed by atoms with van der Waals surface area (Å²) in [7, 11) is -3.66. The summed E-state index contributed by atoms with van der Waals surface area (Å²) in [5.41, 5.74) is 1.18. The zero-order valence-electron chi connectivity index (χ0n) is 14.2. The third-order valence-corrected chi connectivity index (χ3v) is 5.55. The summed E-state index contributed by atoms with van der Waals surface area (Å²) in [4.78, 5) is 16.2. The van der Waals surface area contributed by atoms with Gasteiger partial charge in [0, 0.05) is 37.7 Å². The Bertz CT molecular complexity index is 832. The molecule has 1 amide bonds. The molecule has 3 rings (SSSR count). The Morgan fingerprint density at radius 3 is 2.69 bits per heavy atom. The largest absolute Gasteiger partial charge is 0.376 e. The van der Waals surface area contributed by atoms with Crippen molar-refractivity contribution in [2.45, 2.75) is 30.4 Å². The molecule has 138 valence electrons. The molecule has 1 saturated heterocycles. The van der Waals surface area contributed by atoms with Crippen molar-refractivity contribution in [1.82, 2.24) is 15.0 Å². The van der Waals surface area contributed by atoms with Crippen molar-refractivity contribution < 1.29 is 17.9 Å². The fourth-order valence-electron chi connectivity index (χ4n) is 2.66. The number of amides is 1. The monoisotopic (exact) mass is 375 g/mol. The van der Waals surface area contributed by atoms with Crippen molar-refractivity contribution >= 4 is 15.9 Å². The first-order valence-corrected chi connectivity index (χ1v) is 9.91. The van der Waals surface area contributed by atoms with Gasteiger partial charge in [-0.1, -0.05) is 6.07 Å². The predicted octanol–water partition coefficient (Wildman–Crippen LogP) is 1.47. The molecule has 2 N–H and O–H groups in total. The van der Waals surface area contributed by atoms with Crippen LogP contribution in [0.2, 0.25) is 0 Å². The van der Waals surface area contributed by atoms with Crippen LogP contribution in [0.5, 0.6) is 0 Å². The van der Waals surface area contributed by atoms with E-state index in [1.807, 2.05) is 0 Å². The lowest BCUT2D eigenvalue weighted by molar-refractivity contribution is 0.0857. The number of benzene rings is 1. The molecule has 1 aliphatic rings. The van der Waals surface area contributed by atoms with Crippen molar-refractivity contribution in [3.8, 4) is 0 Å². The SMILES string of the molecule is O=C(NC[C@H]1CCCO1)c1ccc(S(=O)(=O)NCc2cccnc2)cc1. The number of carbonyl (C=O) groups is 1. The first-order chi connectivity index (χ1) is 12.5. The molecular formula is C18H21N3O4S. The Hall–Kier alpha value is -2.29. The lowest BCUT2D eigenvalue weighted by Crippen LogP contribution is -2.31. The number of nitrogens with one attached hydrogen (secondary N) is 2. The number of aromatic nitrogens is 1. The summed E-state index contributed by atoms with van der Waals surface area (Å²) in [6.45, 7) is 1.35. The number of ether oxygens (including phenoxy) is 1. The second-order valence-electron chi connectivity index (χ2n) is 6.06. The number of hydrogen-bond acceptors (Lipinski definition) is 5. The number of rotatable bonds is 7. The van der Waals surface area contributed by atoms with E-state index in [1.54, 1.807) is 24.5 Å². The third kappa shape index (κ3) is 4.87. The zero-order chi connectivity index (χ0) is 18.4. The number of pyridine rings is 1. The van der Waals surface area contributed by atoms with Crippen LogP contribution in [0, 0.1) is 0 Å². The summed E-state index contributed by atoms with van der Waals surface area (Å²) in [5, 5.41) is 2.81. The van der Waals surface area contributed by atoms with Gasteiger partial charge in [-0.2, -0.15) is 0 Å². The predicted molar refractivity (Wildman–Crippen MR) is 96.0 cm³/mol. The third-order valence-electron chi connectivity index (χ3n) is 4.13. The van der Waals surface area contributed by atoms with E-state index in [9.17, 15) is 13.2 Å². The summed E-state index contributed by atoms with van der Waals surface area (Å²) in [6, 6.07) is 9.39. The van der Waals surface area contributed by atoms with Crippen LogP contribution in [-0.4, -0.2) is 38.6 Å². The van der Waals surface area contributed by atoms with E-state index in [4.69, 9.17) is 4.74 Å². The van der Waals surface area contributed by atoms with Crippen LogP contribution in [-0.2, 0) is 21.3 Å². The summed E-state index contributed by atoms with van der Waals surface area (Å²) >= 11 is 0. The van der Waals surface area contributed by atoms with Gasteiger partial charge in [-0.3, -0.25) is 9.78 Å². The topological polar surface area (TPSA) is 97.4 Å². The van der Waals surface area contributed by atoms with Crippen molar-refractivity contribution in [1.29, 1.82) is 0 Å². The molecule has 0 unspecified atom stereocenters. The highest BCUT2D eigenvalue weighted by Crippen LogP contribution is 2.13. The Labute approximate surface area is 152 Å². The maximum atomic E-state index is 12.3. The fourth-order valence-corrected chi connectivity index (χ4v) is 3.68. The molecule has 26 heavy (non-hydrogen) atoms. The van der Waals surface area contributed by atoms with Crippen molar-refractivity contribution in [3.05, 3.63) is 59.9 Å². The lowest BCUT2D eigenvalue weighted by Gasteiger charge is -2.11. The van der Waals surface area contributed by atoms with E-state index in [0.717, 1.165) is 25.0 Å². The van der Waals surface area contributed by atoms with Gasteiger partial charge < -0.3 is 10.1 Å². The van der Waals surface area contributed by atoms with Crippen molar-refractivity contribution in [2.24, 2.45) is 0 Å². The highest BCUT2D eigenvalue weighted by atomic mass is 32.2. The van der Waals surface area contributed by atoms with E-state index in [0.29, 0.717) is 12.1 Å². The Balaban J connectivity index is 1.57. The summed E-state index contributed by atoms with van der Waals surface area (Å²) in [6.07, 6.45) is 5.25. The molecule has 1 fully saturated rings. The first-order valence-electron chi connectivity index (χ1n) is 8.43. The molecule has 1 aromatic carbocycles. The van der Waals surface area contributed by atoms with Gasteiger partial charge in [-0.15, -0.1) is 0 Å². The van der Waals surface area contributed by atoms with Gasteiger partial charge >= 0.3 is 0 Å². The molecule has 2 aromatic rings. The van der Waals surface area contributed by atoms with E-state index in [-0.39, 0.29) is 23.5 Å². The molecule has 8 heteroatoms. The molecule has 0 radical (unpaired) electrons. The zero-order valence-corrected chi connectivity index (χ0v) is 15.0. The van der Waals surface area contributed by atoms with Crippen LogP contribution < -0.4 is 10.0 Å². The maximum absolute atomic E-state index is 12.3. The van der Waals surface area contributed by atoms with Gasteiger partial charge in [-0.25, -0.2) is 13.1 Å². The standard InChI is InChI=1S/C18H21N3O4S/c22-18(20-13-16-4-2-10-25-16)15-5-7-17(8-6-15)26(23,24)21-12-14-3-1-9-19-11-14/h1,3,5-9,11,16,21H,2,4,10,12-13H2,(H,20,22)/t16-/m1/s1. The quantitative estimate of drug-likeness (QED) is 0.764. The molecule has 0 aliphatic carbocycles. The maximum Gasteiger partial charge on any atom is 0.251 e. The van der Waals surface area contributed by atoms with Crippen LogP contribution in [0.15, 0.2) is 53.7 Å². The highest BCUT2D eigenvalue weighted by Gasteiger charge is 2.18. The second kappa shape index (κ2) is 8.39. The normalized spacial score (nSPS) is 17.2. The molecular weight excluding hydrogens is 354 g/mol. The molecule has 2 heterocycles. The molecule has 7 nitrogen and oxygen atoms in total. The van der Waals surface area contributed by atoms with Gasteiger partial charge in [-0.05, 0) is 48.7 Å². The fraction of sp³-hybridized carbons (Fsp3) is 0.333. The van der Waals surface area contributed by atoms with Gasteiger partial charge in [0.1, 0.15) is 0 Å². The smallest absolute Gasteiger partial charge is 0.251 e. The highest BCUT2D eigenvalue weighted by molar-refractivity contribution is 7.89. The minimum Gasteiger partial charge on any atom is -0.376 e. The lowest BCUT2D eigenvalue weighted by atomic mass is 10.2. The van der Waals surface area contributed by atoms with Crippen LogP contribution in [0.25, 0.3) is 0 Å². The summed E-state index contributed by atoms with van der Waals surface area (Å²) in [5.74, 6) is -0.243. The molecule has 0 bridgehead atoms. The van der Waals surface area contributed by atoms with Crippen LogP contribution in [0.3, 0.4) is 0 Å². The molecule has 1 atom stereocenters. The number of nitrogens with zero attached hydrogens (tertiary/aromatic N) is 1. The number of hydrogen-bond donors (Lipinski definition) is 2. The van der Waals surface area contributed by atoms with Crippen molar-refractivity contribution in [2.75, 3.05) is 13.2 Å². The Morgan fingerprint density at radius 2 is 2.04 bits per heavy atom. The Morgan fingerprint density at radius 1 is 1.23 bits per heavy atom. The van der Waals surface area contributed by atoms with Crippen LogP contribution >= 0.6 is 0 Å². The molecule has 1 aliphatic heterocycles. The van der Waals surface area contributed by atoms with Crippen LogP contribution in [0.1, 0.15) is 28.8 Å². The van der Waals surface area contributed by atoms with Gasteiger partial charge in [0.25, 0.3) is 5.91 Å². The van der Waals surface area contributed by atoms with E-state index in [2.05, 4.69) is 15.0 Å². The molecule has 1 aromatic heterocycles. The first kappa shape index (κ1) is 18.5. The number of carbonyl (C=O) groups excluding carboxylic acids is 1. The van der Waals surface area contributed by atoms with E-state index in [1.165, 1.54) is 24.3 Å². The minimum atomic E-state index is -3.66. The minimum absolute atomic E-state index is 0.0651. The average Bonchev–Trinajstić information content (AvgIpc) is 3.19. The van der Waals surface area contributed by atoms with Gasteiger partial charge in [0.15, 0.2) is 0 Å². The second-order valence-corrected chi connectivity index (χ2v) is 7.82. The van der Waals surface area contributed by atoms with Gasteiger partial charge in [0.2, 0.25) is 10.0 Å². The number of sulfonamides is 1. The molecule has 0 saturated carbocycles. The van der Waals surface area contributed by atoms with Crippen molar-refractivity contribution in [3.63, 3.8) is 0 Å². The average molecular weight is 375 g/mol. The van der Waals surface area contributed by atoms with Gasteiger partial charge in [0.05, 0.1) is 11.0 Å². The summed E-state index contributed by atoms with van der Waals surface area (Å²) < 4.78 is 32.7. The van der Waals surface area contributed by atoms with E-state index < -0.39 is 10.0 Å².